The summed E-state index contributed by atoms with van der Waals surface area (Å²) in [4.78, 5) is 21.1. The number of hydroxylamine groups is 2. The Morgan fingerprint density at radius 2 is 1.75 bits per heavy atom. The molecular formula is C21H37N5O2. The fraction of sp³-hybridized carbons (Fsp3) is 0.667. The Morgan fingerprint density at radius 3 is 2.18 bits per heavy atom. The molecule has 0 aromatic heterocycles. The molecule has 0 aliphatic carbocycles. The first kappa shape index (κ1) is 22.9. The smallest absolute Gasteiger partial charge is 0.163 e. The van der Waals surface area contributed by atoms with Crippen molar-refractivity contribution in [3.63, 3.8) is 0 Å². The molecule has 1 aromatic rings. The number of rotatable bonds is 9. The quantitative estimate of drug-likeness (QED) is 0.437. The van der Waals surface area contributed by atoms with Crippen molar-refractivity contribution in [3.8, 4) is 0 Å². The predicted molar refractivity (Wildman–Crippen MR) is 112 cm³/mol. The first-order valence-electron chi connectivity index (χ1n) is 10.2. The van der Waals surface area contributed by atoms with Crippen LogP contribution in [0.5, 0.6) is 0 Å². The summed E-state index contributed by atoms with van der Waals surface area (Å²) >= 11 is 0. The highest BCUT2D eigenvalue weighted by atomic mass is 16.7. The summed E-state index contributed by atoms with van der Waals surface area (Å²) in [5.74, 6) is -0.675. The molecule has 1 fully saturated rings. The standard InChI is InChI=1S/C21H37N5O2/c1-8-20(22-5)19(14-27)25(16(2)3)15-21(23-6,24-7)26(20)28-17(4)18-12-10-9-11-13-18/h9-14,16-17,19,22-24H,8,15H2,1-7H3. The second kappa shape index (κ2) is 9.43. The number of carbonyl (C=O) groups is 1. The molecule has 1 heterocycles. The summed E-state index contributed by atoms with van der Waals surface area (Å²) in [6, 6.07) is 9.96. The molecule has 7 nitrogen and oxygen atoms in total. The van der Waals surface area contributed by atoms with E-state index in [1.54, 1.807) is 0 Å². The van der Waals surface area contributed by atoms with E-state index in [4.69, 9.17) is 4.84 Å². The summed E-state index contributed by atoms with van der Waals surface area (Å²) in [5, 5.41) is 12.2. The average Bonchev–Trinajstić information content (AvgIpc) is 2.73. The van der Waals surface area contributed by atoms with Crippen molar-refractivity contribution in [3.05, 3.63) is 35.9 Å². The Morgan fingerprint density at radius 1 is 1.14 bits per heavy atom. The number of piperazine rings is 1. The lowest BCUT2D eigenvalue weighted by atomic mass is 9.89. The minimum atomic E-state index is -0.709. The monoisotopic (exact) mass is 391 g/mol. The van der Waals surface area contributed by atoms with Crippen molar-refractivity contribution in [2.45, 2.75) is 63.8 Å². The molecule has 1 saturated heterocycles. The predicted octanol–water partition coefficient (Wildman–Crippen LogP) is 1.69. The number of nitrogens with one attached hydrogen (secondary N) is 3. The van der Waals surface area contributed by atoms with Gasteiger partial charge in [0.2, 0.25) is 0 Å². The number of nitrogens with zero attached hydrogens (tertiary/aromatic N) is 2. The van der Waals surface area contributed by atoms with Gasteiger partial charge in [0.25, 0.3) is 0 Å². The Labute approximate surface area is 169 Å². The fourth-order valence-electron chi connectivity index (χ4n) is 4.25. The van der Waals surface area contributed by atoms with Crippen LogP contribution in [0.15, 0.2) is 30.3 Å². The second-order valence-corrected chi connectivity index (χ2v) is 7.69. The van der Waals surface area contributed by atoms with Crippen molar-refractivity contribution in [1.82, 2.24) is 25.9 Å². The van der Waals surface area contributed by atoms with E-state index in [-0.39, 0.29) is 18.2 Å². The fourth-order valence-corrected chi connectivity index (χ4v) is 4.25. The maximum atomic E-state index is 12.3. The normalized spacial score (nSPS) is 27.1. The van der Waals surface area contributed by atoms with Crippen molar-refractivity contribution in [2.24, 2.45) is 0 Å². The highest BCUT2D eigenvalue weighted by Crippen LogP contribution is 2.38. The number of aldehydes is 1. The van der Waals surface area contributed by atoms with E-state index in [2.05, 4.69) is 53.8 Å². The molecule has 0 spiro atoms. The van der Waals surface area contributed by atoms with Crippen LogP contribution in [-0.2, 0) is 9.63 Å². The van der Waals surface area contributed by atoms with E-state index in [9.17, 15) is 4.79 Å². The number of hydrogen-bond acceptors (Lipinski definition) is 7. The third-order valence-electron chi connectivity index (χ3n) is 6.09. The molecule has 158 valence electrons. The first-order valence-corrected chi connectivity index (χ1v) is 10.2. The SMILES string of the molecule is CCC1(NC)C(C=O)N(C(C)C)CC(NC)(NC)N1OC(C)c1ccccc1. The van der Waals surface area contributed by atoms with Gasteiger partial charge >= 0.3 is 0 Å². The molecule has 1 aliphatic heterocycles. The molecule has 0 amide bonds. The minimum absolute atomic E-state index is 0.181. The minimum Gasteiger partial charge on any atom is -0.301 e. The van der Waals surface area contributed by atoms with Crippen LogP contribution in [-0.4, -0.2) is 67.5 Å². The zero-order valence-electron chi connectivity index (χ0n) is 18.3. The van der Waals surface area contributed by atoms with Crippen LogP contribution >= 0.6 is 0 Å². The van der Waals surface area contributed by atoms with Gasteiger partial charge in [-0.15, -0.1) is 5.06 Å². The van der Waals surface area contributed by atoms with E-state index in [1.165, 1.54) is 0 Å². The number of likely N-dealkylation sites (N-methyl/N-ethyl adjacent to an activating group) is 3. The summed E-state index contributed by atoms with van der Waals surface area (Å²) < 4.78 is 0. The highest BCUT2D eigenvalue weighted by Gasteiger charge is 2.59. The van der Waals surface area contributed by atoms with Crippen LogP contribution in [0.3, 0.4) is 0 Å². The Balaban J connectivity index is 2.56. The number of benzene rings is 1. The van der Waals surface area contributed by atoms with Gasteiger partial charge in [0.15, 0.2) is 5.79 Å². The third-order valence-corrected chi connectivity index (χ3v) is 6.09. The largest absolute Gasteiger partial charge is 0.301 e. The topological polar surface area (TPSA) is 68.9 Å². The lowest BCUT2D eigenvalue weighted by Gasteiger charge is -2.62. The Bertz CT molecular complexity index is 616. The van der Waals surface area contributed by atoms with Crippen LogP contribution < -0.4 is 16.0 Å². The zero-order valence-corrected chi connectivity index (χ0v) is 18.3. The molecule has 1 aromatic carbocycles. The Hall–Kier alpha value is -1.35. The molecule has 3 atom stereocenters. The molecule has 0 radical (unpaired) electrons. The molecule has 3 N–H and O–H groups in total. The second-order valence-electron chi connectivity index (χ2n) is 7.69. The van der Waals surface area contributed by atoms with Gasteiger partial charge in [0.1, 0.15) is 24.1 Å². The molecule has 3 unspecified atom stereocenters. The summed E-state index contributed by atoms with van der Waals surface area (Å²) in [6.45, 7) is 8.94. The Kier molecular flexibility index (Phi) is 7.73. The molecule has 1 aliphatic rings. The van der Waals surface area contributed by atoms with Gasteiger partial charge in [0, 0.05) is 12.6 Å². The third kappa shape index (κ3) is 3.87. The van der Waals surface area contributed by atoms with Crippen LogP contribution in [0, 0.1) is 0 Å². The lowest BCUT2D eigenvalue weighted by Crippen LogP contribution is -2.86. The molecule has 0 saturated carbocycles. The average molecular weight is 392 g/mol. The van der Waals surface area contributed by atoms with Gasteiger partial charge < -0.3 is 4.79 Å². The summed E-state index contributed by atoms with van der Waals surface area (Å²) in [5.41, 5.74) is 0.373. The van der Waals surface area contributed by atoms with Gasteiger partial charge in [-0.2, -0.15) is 0 Å². The van der Waals surface area contributed by atoms with Crippen LogP contribution in [0.4, 0.5) is 0 Å². The van der Waals surface area contributed by atoms with Crippen molar-refractivity contribution in [2.75, 3.05) is 27.7 Å². The van der Waals surface area contributed by atoms with Crippen LogP contribution in [0.25, 0.3) is 0 Å². The van der Waals surface area contributed by atoms with Crippen molar-refractivity contribution in [1.29, 1.82) is 0 Å². The van der Waals surface area contributed by atoms with Crippen molar-refractivity contribution < 1.29 is 9.63 Å². The first-order chi connectivity index (χ1) is 13.4. The van der Waals surface area contributed by atoms with E-state index in [1.807, 2.05) is 51.3 Å². The maximum Gasteiger partial charge on any atom is 0.163 e. The molecular weight excluding hydrogens is 354 g/mol. The van der Waals surface area contributed by atoms with Gasteiger partial charge in [0.05, 0.1) is 0 Å². The highest BCUT2D eigenvalue weighted by molar-refractivity contribution is 5.61. The van der Waals surface area contributed by atoms with Gasteiger partial charge in [-0.3, -0.25) is 25.7 Å². The van der Waals surface area contributed by atoms with Gasteiger partial charge in [-0.05, 0) is 53.9 Å². The lowest BCUT2D eigenvalue weighted by molar-refractivity contribution is -0.355. The van der Waals surface area contributed by atoms with Gasteiger partial charge in [-0.1, -0.05) is 37.3 Å². The maximum absolute atomic E-state index is 12.3. The van der Waals surface area contributed by atoms with Crippen LogP contribution in [0.2, 0.25) is 0 Å². The summed E-state index contributed by atoms with van der Waals surface area (Å²) in [6.07, 6.45) is 1.54. The number of hydrogen-bond donors (Lipinski definition) is 3. The van der Waals surface area contributed by atoms with Gasteiger partial charge in [-0.25, -0.2) is 0 Å². The van der Waals surface area contributed by atoms with E-state index in [0.717, 1.165) is 11.8 Å². The molecule has 0 bridgehead atoms. The summed E-state index contributed by atoms with van der Waals surface area (Å²) in [7, 11) is 5.72. The molecule has 7 heteroatoms. The van der Waals surface area contributed by atoms with Crippen LogP contribution in [0.1, 0.15) is 45.8 Å². The zero-order chi connectivity index (χ0) is 20.9. The van der Waals surface area contributed by atoms with E-state index < -0.39 is 11.4 Å². The van der Waals surface area contributed by atoms with Crippen molar-refractivity contribution >= 4 is 6.29 Å². The number of carbonyl (C=O) groups excluding carboxylic acids is 1. The molecule has 2 rings (SSSR count). The van der Waals surface area contributed by atoms with E-state index >= 15 is 0 Å². The van der Waals surface area contributed by atoms with E-state index in [0.29, 0.717) is 13.0 Å². The molecule has 28 heavy (non-hydrogen) atoms.